The topological polar surface area (TPSA) is 41.1 Å². The molecule has 1 atom stereocenters. The van der Waals surface area contributed by atoms with E-state index in [0.717, 1.165) is 27.6 Å². The van der Waals surface area contributed by atoms with Crippen LogP contribution in [0.3, 0.4) is 0 Å². The van der Waals surface area contributed by atoms with E-state index >= 15 is 0 Å². The molecule has 5 heteroatoms. The van der Waals surface area contributed by atoms with Crippen molar-refractivity contribution in [2.24, 2.45) is 0 Å². The van der Waals surface area contributed by atoms with E-state index in [1.165, 1.54) is 0 Å². The maximum absolute atomic E-state index is 12.0. The maximum atomic E-state index is 12.0. The molecular formula is C11H12BrIN2O. The van der Waals surface area contributed by atoms with E-state index in [9.17, 15) is 4.79 Å². The molecule has 2 rings (SSSR count). The summed E-state index contributed by atoms with van der Waals surface area (Å²) >= 11 is 5.61. The first kappa shape index (κ1) is 12.3. The molecule has 0 aliphatic carbocycles. The Morgan fingerprint density at radius 2 is 2.38 bits per heavy atom. The van der Waals surface area contributed by atoms with Crippen LogP contribution in [0.5, 0.6) is 0 Å². The molecule has 1 aliphatic heterocycles. The van der Waals surface area contributed by atoms with Crippen LogP contribution in [0, 0.1) is 3.57 Å². The Kier molecular flexibility index (Phi) is 4.21. The fourth-order valence-electron chi connectivity index (χ4n) is 1.71. The second-order valence-corrected chi connectivity index (χ2v) is 5.89. The lowest BCUT2D eigenvalue weighted by Crippen LogP contribution is -2.36. The summed E-state index contributed by atoms with van der Waals surface area (Å²) in [5, 5.41) is 6.26. The normalized spacial score (nSPS) is 19.8. The van der Waals surface area contributed by atoms with Crippen LogP contribution in [0.15, 0.2) is 22.7 Å². The molecule has 0 bridgehead atoms. The van der Waals surface area contributed by atoms with E-state index in [0.29, 0.717) is 5.56 Å². The van der Waals surface area contributed by atoms with Crippen LogP contribution >= 0.6 is 38.5 Å². The quantitative estimate of drug-likeness (QED) is 0.754. The molecule has 2 N–H and O–H groups in total. The SMILES string of the molecule is O=C(N[C@H]1CCNC1)c1cc(I)ccc1Br. The van der Waals surface area contributed by atoms with Gasteiger partial charge in [0.15, 0.2) is 0 Å². The minimum absolute atomic E-state index is 0.000842. The largest absolute Gasteiger partial charge is 0.348 e. The Hall–Kier alpha value is -0.140. The average Bonchev–Trinajstić information content (AvgIpc) is 2.74. The lowest BCUT2D eigenvalue weighted by molar-refractivity contribution is 0.0939. The Morgan fingerprint density at radius 1 is 1.56 bits per heavy atom. The predicted molar refractivity (Wildman–Crippen MR) is 75.6 cm³/mol. The zero-order valence-corrected chi connectivity index (χ0v) is 12.3. The van der Waals surface area contributed by atoms with E-state index in [1.807, 2.05) is 18.2 Å². The third kappa shape index (κ3) is 2.95. The minimum Gasteiger partial charge on any atom is -0.348 e. The van der Waals surface area contributed by atoms with Crippen LogP contribution in [0.4, 0.5) is 0 Å². The summed E-state index contributed by atoms with van der Waals surface area (Å²) in [5.74, 6) is -0.000842. The van der Waals surface area contributed by atoms with Gasteiger partial charge in [0.05, 0.1) is 5.56 Å². The number of benzene rings is 1. The van der Waals surface area contributed by atoms with E-state index in [2.05, 4.69) is 49.2 Å². The van der Waals surface area contributed by atoms with Crippen molar-refractivity contribution in [1.29, 1.82) is 0 Å². The van der Waals surface area contributed by atoms with Crippen molar-refractivity contribution in [2.75, 3.05) is 13.1 Å². The lowest BCUT2D eigenvalue weighted by Gasteiger charge is -2.12. The number of nitrogens with one attached hydrogen (secondary N) is 2. The monoisotopic (exact) mass is 394 g/mol. The van der Waals surface area contributed by atoms with Gasteiger partial charge in [0.2, 0.25) is 0 Å². The van der Waals surface area contributed by atoms with Gasteiger partial charge in [0.1, 0.15) is 0 Å². The predicted octanol–water partition coefficient (Wildman–Crippen LogP) is 2.15. The smallest absolute Gasteiger partial charge is 0.252 e. The highest BCUT2D eigenvalue weighted by molar-refractivity contribution is 14.1. The first-order valence-corrected chi connectivity index (χ1v) is 7.00. The molecule has 1 amide bonds. The van der Waals surface area contributed by atoms with Gasteiger partial charge in [0.25, 0.3) is 5.91 Å². The minimum atomic E-state index is -0.000842. The molecule has 0 saturated carbocycles. The fraction of sp³-hybridized carbons (Fsp3) is 0.364. The van der Waals surface area contributed by atoms with Crippen molar-refractivity contribution in [3.63, 3.8) is 0 Å². The van der Waals surface area contributed by atoms with Crippen LogP contribution in [0.2, 0.25) is 0 Å². The van der Waals surface area contributed by atoms with Crippen LogP contribution in [0.1, 0.15) is 16.8 Å². The number of hydrogen-bond donors (Lipinski definition) is 2. The number of carbonyl (C=O) groups is 1. The third-order valence-electron chi connectivity index (χ3n) is 2.57. The van der Waals surface area contributed by atoms with Crippen LogP contribution < -0.4 is 10.6 Å². The Morgan fingerprint density at radius 3 is 3.06 bits per heavy atom. The van der Waals surface area contributed by atoms with Gasteiger partial charge in [-0.3, -0.25) is 4.79 Å². The standard InChI is InChI=1S/C11H12BrIN2O/c12-10-2-1-7(13)5-9(10)11(16)15-8-3-4-14-6-8/h1-2,5,8,14H,3-4,6H2,(H,15,16)/t8-/m0/s1. The summed E-state index contributed by atoms with van der Waals surface area (Å²) < 4.78 is 1.91. The summed E-state index contributed by atoms with van der Waals surface area (Å²) in [6.45, 7) is 1.85. The molecule has 0 unspecified atom stereocenters. The second-order valence-electron chi connectivity index (χ2n) is 3.79. The van der Waals surface area contributed by atoms with Gasteiger partial charge >= 0.3 is 0 Å². The van der Waals surface area contributed by atoms with Crippen LogP contribution in [0.25, 0.3) is 0 Å². The highest BCUT2D eigenvalue weighted by Crippen LogP contribution is 2.19. The van der Waals surface area contributed by atoms with Crippen molar-refractivity contribution >= 4 is 44.4 Å². The lowest BCUT2D eigenvalue weighted by atomic mass is 10.2. The molecule has 16 heavy (non-hydrogen) atoms. The van der Waals surface area contributed by atoms with Gasteiger partial charge in [-0.25, -0.2) is 0 Å². The summed E-state index contributed by atoms with van der Waals surface area (Å²) in [7, 11) is 0. The summed E-state index contributed by atoms with van der Waals surface area (Å²) in [5.41, 5.74) is 0.707. The highest BCUT2D eigenvalue weighted by atomic mass is 127. The van der Waals surface area contributed by atoms with Gasteiger partial charge in [0, 0.05) is 20.6 Å². The Labute approximate surface area is 117 Å². The molecule has 1 aromatic carbocycles. The molecule has 3 nitrogen and oxygen atoms in total. The number of hydrogen-bond acceptors (Lipinski definition) is 2. The van der Waals surface area contributed by atoms with Crippen LogP contribution in [-0.4, -0.2) is 25.0 Å². The Bertz CT molecular complexity index is 405. The molecule has 0 radical (unpaired) electrons. The molecule has 1 saturated heterocycles. The van der Waals surface area contributed by atoms with E-state index in [-0.39, 0.29) is 11.9 Å². The van der Waals surface area contributed by atoms with Gasteiger partial charge in [-0.2, -0.15) is 0 Å². The molecule has 1 aliphatic rings. The molecule has 0 aromatic heterocycles. The number of halogens is 2. The molecule has 1 heterocycles. The van der Waals surface area contributed by atoms with Crippen molar-refractivity contribution in [1.82, 2.24) is 10.6 Å². The van der Waals surface area contributed by atoms with E-state index < -0.39 is 0 Å². The second kappa shape index (κ2) is 5.46. The van der Waals surface area contributed by atoms with Crippen molar-refractivity contribution in [3.8, 4) is 0 Å². The van der Waals surface area contributed by atoms with Gasteiger partial charge < -0.3 is 10.6 Å². The number of amides is 1. The number of carbonyl (C=O) groups excluding carboxylic acids is 1. The average molecular weight is 395 g/mol. The summed E-state index contributed by atoms with van der Waals surface area (Å²) in [6, 6.07) is 6.03. The zero-order chi connectivity index (χ0) is 11.5. The van der Waals surface area contributed by atoms with Crippen molar-refractivity contribution in [3.05, 3.63) is 31.8 Å². The van der Waals surface area contributed by atoms with Gasteiger partial charge in [-0.1, -0.05) is 0 Å². The molecule has 1 aromatic rings. The van der Waals surface area contributed by atoms with Gasteiger partial charge in [-0.15, -0.1) is 0 Å². The molecular weight excluding hydrogens is 383 g/mol. The molecule has 0 spiro atoms. The van der Waals surface area contributed by atoms with E-state index in [4.69, 9.17) is 0 Å². The van der Waals surface area contributed by atoms with Crippen molar-refractivity contribution in [2.45, 2.75) is 12.5 Å². The number of rotatable bonds is 2. The molecule has 86 valence electrons. The van der Waals surface area contributed by atoms with Crippen LogP contribution in [-0.2, 0) is 0 Å². The van der Waals surface area contributed by atoms with Gasteiger partial charge in [-0.05, 0) is 69.7 Å². The first-order valence-electron chi connectivity index (χ1n) is 5.13. The first-order chi connectivity index (χ1) is 7.66. The summed E-state index contributed by atoms with van der Waals surface area (Å²) in [4.78, 5) is 12.0. The Balaban J connectivity index is 2.10. The van der Waals surface area contributed by atoms with E-state index in [1.54, 1.807) is 0 Å². The fourth-order valence-corrected chi connectivity index (χ4v) is 2.63. The van der Waals surface area contributed by atoms with Crippen molar-refractivity contribution < 1.29 is 4.79 Å². The third-order valence-corrected chi connectivity index (χ3v) is 3.93. The highest BCUT2D eigenvalue weighted by Gasteiger charge is 2.18. The summed E-state index contributed by atoms with van der Waals surface area (Å²) in [6.07, 6.45) is 1.01. The zero-order valence-electron chi connectivity index (χ0n) is 8.59. The molecule has 1 fully saturated rings. The maximum Gasteiger partial charge on any atom is 0.252 e.